The molecule has 1 atom stereocenters. The minimum Gasteiger partial charge on any atom is -0.337 e. The number of thiophene rings is 1. The highest BCUT2D eigenvalue weighted by molar-refractivity contribution is 7.91. The summed E-state index contributed by atoms with van der Waals surface area (Å²) in [5.41, 5.74) is 0.686. The Hall–Kier alpha value is -1.77. The first kappa shape index (κ1) is 19.0. The van der Waals surface area contributed by atoms with E-state index in [4.69, 9.17) is 0 Å². The minimum atomic E-state index is -3.67. The van der Waals surface area contributed by atoms with E-state index in [-0.39, 0.29) is 22.5 Å². The maximum Gasteiger partial charge on any atom is 0.253 e. The molecule has 3 rings (SSSR count). The predicted molar refractivity (Wildman–Crippen MR) is 98.7 cm³/mol. The van der Waals surface area contributed by atoms with Gasteiger partial charge in [-0.3, -0.25) is 4.79 Å². The fraction of sp³-hybridized carbons (Fsp3) is 0.389. The Morgan fingerprint density at radius 2 is 2.15 bits per heavy atom. The van der Waals surface area contributed by atoms with Crippen LogP contribution in [0.5, 0.6) is 0 Å². The summed E-state index contributed by atoms with van der Waals surface area (Å²) < 4.78 is 40.7. The zero-order valence-corrected chi connectivity index (χ0v) is 16.1. The average molecular weight is 397 g/mol. The maximum absolute atomic E-state index is 13.4. The van der Waals surface area contributed by atoms with Gasteiger partial charge in [0.15, 0.2) is 0 Å². The fourth-order valence-corrected chi connectivity index (χ4v) is 5.98. The van der Waals surface area contributed by atoms with E-state index in [0.717, 1.165) is 11.3 Å². The number of likely N-dealkylation sites (N-methyl/N-ethyl adjacent to an activating group) is 1. The molecule has 140 valence electrons. The van der Waals surface area contributed by atoms with Gasteiger partial charge < -0.3 is 4.90 Å². The maximum atomic E-state index is 13.4. The molecule has 0 N–H and O–H groups in total. The SMILES string of the molecule is CCN(Cc1cccc(F)c1)C(=O)C1CCCN1S(=O)(=O)c1cccs1. The van der Waals surface area contributed by atoms with Crippen molar-refractivity contribution in [3.63, 3.8) is 0 Å². The number of rotatable bonds is 6. The van der Waals surface area contributed by atoms with E-state index in [0.29, 0.717) is 31.5 Å². The quantitative estimate of drug-likeness (QED) is 0.754. The van der Waals surface area contributed by atoms with Gasteiger partial charge in [0.05, 0.1) is 0 Å². The van der Waals surface area contributed by atoms with Gasteiger partial charge in [-0.1, -0.05) is 18.2 Å². The van der Waals surface area contributed by atoms with Gasteiger partial charge in [0.1, 0.15) is 16.1 Å². The average Bonchev–Trinajstić information content (AvgIpc) is 3.30. The number of carbonyl (C=O) groups excluding carboxylic acids is 1. The molecular weight excluding hydrogens is 375 g/mol. The number of hydrogen-bond donors (Lipinski definition) is 0. The topological polar surface area (TPSA) is 57.7 Å². The zero-order chi connectivity index (χ0) is 18.7. The van der Waals surface area contributed by atoms with E-state index in [9.17, 15) is 17.6 Å². The van der Waals surface area contributed by atoms with Gasteiger partial charge >= 0.3 is 0 Å². The molecule has 0 radical (unpaired) electrons. The van der Waals surface area contributed by atoms with Crippen molar-refractivity contribution < 1.29 is 17.6 Å². The Kier molecular flexibility index (Phi) is 5.74. The number of benzene rings is 1. The number of sulfonamides is 1. The molecule has 8 heteroatoms. The van der Waals surface area contributed by atoms with Crippen LogP contribution in [-0.2, 0) is 21.4 Å². The molecule has 5 nitrogen and oxygen atoms in total. The van der Waals surface area contributed by atoms with Gasteiger partial charge in [-0.2, -0.15) is 4.31 Å². The number of amides is 1. The first-order valence-electron chi connectivity index (χ1n) is 8.52. The molecular formula is C18H21FN2O3S2. The highest BCUT2D eigenvalue weighted by Gasteiger charge is 2.41. The number of nitrogens with zero attached hydrogens (tertiary/aromatic N) is 2. The van der Waals surface area contributed by atoms with Crippen molar-refractivity contribution in [2.24, 2.45) is 0 Å². The van der Waals surface area contributed by atoms with Crippen LogP contribution in [0.2, 0.25) is 0 Å². The molecule has 1 fully saturated rings. The van der Waals surface area contributed by atoms with Gasteiger partial charge in [0.2, 0.25) is 5.91 Å². The highest BCUT2D eigenvalue weighted by atomic mass is 32.2. The third kappa shape index (κ3) is 3.82. The Morgan fingerprint density at radius 1 is 1.35 bits per heavy atom. The van der Waals surface area contributed by atoms with Crippen molar-refractivity contribution in [2.45, 2.75) is 36.6 Å². The number of halogens is 1. The predicted octanol–water partition coefficient (Wildman–Crippen LogP) is 3.09. The van der Waals surface area contributed by atoms with E-state index in [1.165, 1.54) is 16.4 Å². The normalized spacial score (nSPS) is 18.2. The van der Waals surface area contributed by atoms with E-state index in [1.807, 2.05) is 6.92 Å². The molecule has 1 amide bonds. The van der Waals surface area contributed by atoms with E-state index in [1.54, 1.807) is 34.5 Å². The summed E-state index contributed by atoms with van der Waals surface area (Å²) in [4.78, 5) is 14.6. The molecule has 1 saturated heterocycles. The second-order valence-corrected chi connectivity index (χ2v) is 9.25. The molecule has 2 aromatic rings. The second-order valence-electron chi connectivity index (χ2n) is 6.19. The van der Waals surface area contributed by atoms with Crippen molar-refractivity contribution in [3.05, 3.63) is 53.2 Å². The first-order chi connectivity index (χ1) is 12.4. The van der Waals surface area contributed by atoms with E-state index >= 15 is 0 Å². The Bertz CT molecular complexity index is 868. The van der Waals surface area contributed by atoms with Gasteiger partial charge in [0.25, 0.3) is 10.0 Å². The Labute approximate surface area is 157 Å². The lowest BCUT2D eigenvalue weighted by atomic mass is 10.1. The van der Waals surface area contributed by atoms with Crippen molar-refractivity contribution in [2.75, 3.05) is 13.1 Å². The summed E-state index contributed by atoms with van der Waals surface area (Å²) in [5.74, 6) is -0.580. The molecule has 1 aliphatic rings. The van der Waals surface area contributed by atoms with Crippen LogP contribution in [0.4, 0.5) is 4.39 Å². The molecule has 0 spiro atoms. The van der Waals surface area contributed by atoms with Crippen LogP contribution in [0.1, 0.15) is 25.3 Å². The van der Waals surface area contributed by atoms with Crippen molar-refractivity contribution in [3.8, 4) is 0 Å². The summed E-state index contributed by atoms with van der Waals surface area (Å²) in [5, 5.41) is 1.71. The first-order valence-corrected chi connectivity index (χ1v) is 10.8. The fourth-order valence-electron chi connectivity index (χ4n) is 3.21. The summed E-state index contributed by atoms with van der Waals surface area (Å²) >= 11 is 1.15. The third-order valence-electron chi connectivity index (χ3n) is 4.50. The van der Waals surface area contributed by atoms with Gasteiger partial charge in [-0.05, 0) is 48.9 Å². The summed E-state index contributed by atoms with van der Waals surface area (Å²) in [7, 11) is -3.67. The van der Waals surface area contributed by atoms with Gasteiger partial charge in [-0.15, -0.1) is 11.3 Å². The standard InChI is InChI=1S/C18H21FN2O3S2/c1-2-20(13-14-6-3-7-15(19)12-14)18(22)16-8-4-10-21(16)26(23,24)17-9-5-11-25-17/h3,5-7,9,11-12,16H,2,4,8,10,13H2,1H3. The van der Waals surface area contributed by atoms with Crippen LogP contribution in [0.25, 0.3) is 0 Å². The largest absolute Gasteiger partial charge is 0.337 e. The van der Waals surface area contributed by atoms with Gasteiger partial charge in [0, 0.05) is 19.6 Å². The molecule has 0 bridgehead atoms. The molecule has 1 aliphatic heterocycles. The smallest absolute Gasteiger partial charge is 0.253 e. The van der Waals surface area contributed by atoms with Crippen LogP contribution in [-0.4, -0.2) is 42.7 Å². The van der Waals surface area contributed by atoms with Gasteiger partial charge in [-0.25, -0.2) is 12.8 Å². The van der Waals surface area contributed by atoms with Crippen molar-refractivity contribution in [1.82, 2.24) is 9.21 Å². The summed E-state index contributed by atoms with van der Waals surface area (Å²) in [6.45, 7) is 2.87. The summed E-state index contributed by atoms with van der Waals surface area (Å²) in [6, 6.07) is 8.66. The molecule has 26 heavy (non-hydrogen) atoms. The van der Waals surface area contributed by atoms with Crippen molar-refractivity contribution in [1.29, 1.82) is 0 Å². The molecule has 1 unspecified atom stereocenters. The molecule has 1 aromatic heterocycles. The number of hydrogen-bond acceptors (Lipinski definition) is 4. The lowest BCUT2D eigenvalue weighted by Crippen LogP contribution is -2.47. The zero-order valence-electron chi connectivity index (χ0n) is 14.5. The second kappa shape index (κ2) is 7.85. The Morgan fingerprint density at radius 3 is 2.81 bits per heavy atom. The van der Waals surface area contributed by atoms with Crippen LogP contribution in [0, 0.1) is 5.82 Å². The van der Waals surface area contributed by atoms with Crippen LogP contribution in [0.3, 0.4) is 0 Å². The number of carbonyl (C=O) groups is 1. The molecule has 1 aromatic carbocycles. The highest BCUT2D eigenvalue weighted by Crippen LogP contribution is 2.29. The van der Waals surface area contributed by atoms with Crippen LogP contribution in [0.15, 0.2) is 46.0 Å². The lowest BCUT2D eigenvalue weighted by Gasteiger charge is -2.29. The molecule has 0 saturated carbocycles. The minimum absolute atomic E-state index is 0.227. The van der Waals surface area contributed by atoms with Crippen molar-refractivity contribution >= 4 is 27.3 Å². The summed E-state index contributed by atoms with van der Waals surface area (Å²) in [6.07, 6.45) is 1.15. The van der Waals surface area contributed by atoms with E-state index in [2.05, 4.69) is 0 Å². The van der Waals surface area contributed by atoms with Crippen LogP contribution >= 0.6 is 11.3 Å². The van der Waals surface area contributed by atoms with Crippen LogP contribution < -0.4 is 0 Å². The molecule has 2 heterocycles. The monoisotopic (exact) mass is 396 g/mol. The third-order valence-corrected chi connectivity index (χ3v) is 7.78. The molecule has 0 aliphatic carbocycles. The Balaban J connectivity index is 1.80. The van der Waals surface area contributed by atoms with E-state index < -0.39 is 16.1 Å². The lowest BCUT2D eigenvalue weighted by molar-refractivity contribution is -0.135.